The van der Waals surface area contributed by atoms with Crippen LogP contribution in [-0.4, -0.2) is 85.1 Å². The number of imidazole rings is 1. The van der Waals surface area contributed by atoms with Crippen LogP contribution in [0.1, 0.15) is 43.9 Å². The maximum Gasteiger partial charge on any atom is 0.407 e. The number of carbonyl (C=O) groups excluding carboxylic acids is 2. The Balaban J connectivity index is 1.88. The van der Waals surface area contributed by atoms with Gasteiger partial charge in [0, 0.05) is 33.4 Å². The number of allylic oxidation sites excluding steroid dienone is 1. The first kappa shape index (κ1) is 32.9. The largest absolute Gasteiger partial charge is 0.465 e. The van der Waals surface area contributed by atoms with Crippen LogP contribution in [0.3, 0.4) is 0 Å². The van der Waals surface area contributed by atoms with Crippen molar-refractivity contribution in [2.75, 3.05) is 33.0 Å². The van der Waals surface area contributed by atoms with E-state index in [1.54, 1.807) is 20.2 Å². The zero-order valence-electron chi connectivity index (χ0n) is 24.9. The van der Waals surface area contributed by atoms with E-state index in [0.717, 1.165) is 11.1 Å². The Morgan fingerprint density at radius 1 is 1.21 bits per heavy atom. The average Bonchev–Trinajstić information content (AvgIpc) is 3.38. The van der Waals surface area contributed by atoms with E-state index >= 15 is 0 Å². The molecule has 232 valence electrons. The van der Waals surface area contributed by atoms with Crippen LogP contribution in [0.15, 0.2) is 35.3 Å². The summed E-state index contributed by atoms with van der Waals surface area (Å²) in [7, 11) is 4.54. The first-order valence-corrected chi connectivity index (χ1v) is 13.8. The highest BCUT2D eigenvalue weighted by Gasteiger charge is 2.24. The number of anilines is 1. The molecule has 0 saturated heterocycles. The minimum absolute atomic E-state index is 0.0899. The molecule has 43 heavy (non-hydrogen) atoms. The van der Waals surface area contributed by atoms with Gasteiger partial charge in [-0.25, -0.2) is 14.2 Å². The summed E-state index contributed by atoms with van der Waals surface area (Å²) in [5.41, 5.74) is 0.673. The number of H-pyrrole nitrogens is 1. The van der Waals surface area contributed by atoms with E-state index in [1.165, 1.54) is 34.7 Å². The summed E-state index contributed by atoms with van der Waals surface area (Å²) in [6.07, 6.45) is 3.97. The molecule has 0 radical (unpaired) electrons. The number of aliphatic hydroxyl groups excluding tert-OH is 1. The van der Waals surface area contributed by atoms with Crippen LogP contribution in [0.5, 0.6) is 0 Å². The molecule has 0 aliphatic heterocycles. The summed E-state index contributed by atoms with van der Waals surface area (Å²) in [5, 5.41) is 21.8. The number of nitrogens with one attached hydrogen (secondary N) is 2. The molecule has 4 N–H and O–H groups in total. The maximum atomic E-state index is 14.5. The molecule has 0 spiro atoms. The van der Waals surface area contributed by atoms with Gasteiger partial charge in [-0.1, -0.05) is 19.9 Å². The number of carboxylic acid groups (broad SMARTS) is 1. The minimum Gasteiger partial charge on any atom is -0.465 e. The molecule has 3 rings (SSSR count). The molecule has 0 bridgehead atoms. The molecule has 0 unspecified atom stereocenters. The van der Waals surface area contributed by atoms with E-state index in [-0.39, 0.29) is 54.1 Å². The van der Waals surface area contributed by atoms with Crippen LogP contribution in [0, 0.1) is 17.7 Å². The number of rotatable bonds is 13. The first-order valence-electron chi connectivity index (χ1n) is 13.8. The van der Waals surface area contributed by atoms with Gasteiger partial charge < -0.3 is 34.9 Å². The van der Waals surface area contributed by atoms with E-state index in [0.29, 0.717) is 24.1 Å². The van der Waals surface area contributed by atoms with E-state index in [2.05, 4.69) is 20.3 Å². The zero-order valence-corrected chi connectivity index (χ0v) is 24.9. The highest BCUT2D eigenvalue weighted by atomic mass is 19.1. The fourth-order valence-electron chi connectivity index (χ4n) is 4.43. The van der Waals surface area contributed by atoms with Crippen molar-refractivity contribution in [1.29, 1.82) is 0 Å². The Labute approximate surface area is 248 Å². The van der Waals surface area contributed by atoms with Gasteiger partial charge in [-0.2, -0.15) is 0 Å². The number of nitrogens with zero attached hydrogens (tertiary/aromatic N) is 5. The molecule has 1 atom stereocenters. The summed E-state index contributed by atoms with van der Waals surface area (Å²) in [4.78, 5) is 63.9. The third kappa shape index (κ3) is 8.47. The number of aromatic nitrogens is 4. The van der Waals surface area contributed by atoms with Crippen LogP contribution >= 0.6 is 0 Å². The molecule has 0 saturated carbocycles. The van der Waals surface area contributed by atoms with Gasteiger partial charge in [0.2, 0.25) is 11.8 Å². The first-order chi connectivity index (χ1) is 20.3. The zero-order chi connectivity index (χ0) is 31.8. The predicted molar refractivity (Wildman–Crippen MR) is 158 cm³/mol. The van der Waals surface area contributed by atoms with Crippen LogP contribution in [0.2, 0.25) is 0 Å². The molecule has 0 aromatic carbocycles. The molecule has 13 nitrogen and oxygen atoms in total. The topological polar surface area (TPSA) is 174 Å². The lowest BCUT2D eigenvalue weighted by atomic mass is 10.0. The van der Waals surface area contributed by atoms with Gasteiger partial charge in [-0.15, -0.1) is 0 Å². The number of hydrogen-bond acceptors (Lipinski definition) is 7. The highest BCUT2D eigenvalue weighted by molar-refractivity contribution is 5.93. The van der Waals surface area contributed by atoms with Gasteiger partial charge >= 0.3 is 6.09 Å². The number of aromatic amines is 1. The lowest BCUT2D eigenvalue weighted by molar-refractivity contribution is -0.123. The van der Waals surface area contributed by atoms with Crippen molar-refractivity contribution in [1.82, 2.24) is 29.3 Å². The average molecular weight is 600 g/mol. The van der Waals surface area contributed by atoms with E-state index in [9.17, 15) is 33.8 Å². The van der Waals surface area contributed by atoms with Crippen molar-refractivity contribution in [3.8, 4) is 0 Å². The van der Waals surface area contributed by atoms with Crippen molar-refractivity contribution >= 4 is 34.6 Å². The van der Waals surface area contributed by atoms with Crippen molar-refractivity contribution in [3.05, 3.63) is 63.9 Å². The smallest absolute Gasteiger partial charge is 0.407 e. The molecule has 14 heteroatoms. The Hall–Kier alpha value is -4.59. The molecule has 3 aromatic heterocycles. The number of amides is 3. The quantitative estimate of drug-likeness (QED) is 0.217. The molecular formula is C29H38FN7O6. The predicted octanol–water partition coefficient (Wildman–Crippen LogP) is 2.59. The van der Waals surface area contributed by atoms with Gasteiger partial charge in [0.1, 0.15) is 17.0 Å². The second kappa shape index (κ2) is 14.5. The second-order valence-corrected chi connectivity index (χ2v) is 10.9. The fourth-order valence-corrected chi connectivity index (χ4v) is 4.43. The monoisotopic (exact) mass is 599 g/mol. The Bertz CT molecular complexity index is 1560. The standard InChI is InChI=1S/C29H38FN7O6/c1-17(2)12-22-26-25(20(30)13-31-22)33-23(34-26)15-37-19(16-38)10-11-21(28(37)41)32-27(40)18(14-36(5)29(42)43)8-6-7-9-24(39)35(3)4/h7,9-11,13,17-18,38H,6,8,12,14-16H2,1-5H3,(H,32,40)(H,33,34)(H,42,43)/b9-7+/t18-/m0/s1. The molecular weight excluding hydrogens is 561 g/mol. The Morgan fingerprint density at radius 2 is 1.93 bits per heavy atom. The third-order valence-corrected chi connectivity index (χ3v) is 6.77. The Morgan fingerprint density at radius 3 is 2.56 bits per heavy atom. The fraction of sp³-hybridized carbons (Fsp3) is 0.448. The van der Waals surface area contributed by atoms with Gasteiger partial charge in [-0.05, 0) is 43.4 Å². The van der Waals surface area contributed by atoms with Gasteiger partial charge in [-0.3, -0.25) is 19.4 Å². The third-order valence-electron chi connectivity index (χ3n) is 6.77. The number of pyridine rings is 2. The molecule has 0 aliphatic carbocycles. The van der Waals surface area contributed by atoms with E-state index in [1.807, 2.05) is 13.8 Å². The van der Waals surface area contributed by atoms with Crippen LogP contribution < -0.4 is 10.9 Å². The van der Waals surface area contributed by atoms with Crippen LogP contribution in [0.4, 0.5) is 14.9 Å². The molecule has 0 aliphatic rings. The normalized spacial score (nSPS) is 12.2. The number of fused-ring (bicyclic) bond motifs is 1. The molecule has 3 amide bonds. The Kier molecular flexibility index (Phi) is 11.1. The summed E-state index contributed by atoms with van der Waals surface area (Å²) in [6, 6.07) is 2.83. The lowest BCUT2D eigenvalue weighted by Crippen LogP contribution is -2.38. The SMILES string of the molecule is CC(C)Cc1ncc(F)c2nc(Cn3c(CO)ccc(NC(=O)[C@@H](CC/C=C/C(=O)N(C)C)CN(C)C(=O)O)c3=O)[nH]c12. The summed E-state index contributed by atoms with van der Waals surface area (Å²) in [5.74, 6) is -1.75. The van der Waals surface area contributed by atoms with Gasteiger partial charge in [0.15, 0.2) is 5.82 Å². The van der Waals surface area contributed by atoms with Crippen LogP contribution in [-0.2, 0) is 29.2 Å². The summed E-state index contributed by atoms with van der Waals surface area (Å²) < 4.78 is 15.7. The number of halogens is 1. The van der Waals surface area contributed by atoms with E-state index < -0.39 is 35.9 Å². The van der Waals surface area contributed by atoms with Crippen LogP contribution in [0.25, 0.3) is 11.0 Å². The van der Waals surface area contributed by atoms with Crippen molar-refractivity contribution in [3.63, 3.8) is 0 Å². The molecule has 0 fully saturated rings. The minimum atomic E-state index is -1.22. The van der Waals surface area contributed by atoms with Crippen molar-refractivity contribution in [2.24, 2.45) is 11.8 Å². The maximum absolute atomic E-state index is 14.5. The number of aliphatic hydroxyl groups is 1. The van der Waals surface area contributed by atoms with Gasteiger partial charge in [0.25, 0.3) is 5.56 Å². The number of hydrogen-bond donors (Lipinski definition) is 4. The summed E-state index contributed by atoms with van der Waals surface area (Å²) >= 11 is 0. The molecule has 3 aromatic rings. The van der Waals surface area contributed by atoms with E-state index in [4.69, 9.17) is 0 Å². The van der Waals surface area contributed by atoms with Crippen molar-refractivity contribution < 1.29 is 29.0 Å². The van der Waals surface area contributed by atoms with Crippen molar-refractivity contribution in [2.45, 2.75) is 46.3 Å². The summed E-state index contributed by atoms with van der Waals surface area (Å²) in [6.45, 7) is 3.24. The number of carbonyl (C=O) groups is 3. The highest BCUT2D eigenvalue weighted by Crippen LogP contribution is 2.21. The molecule has 3 heterocycles. The second-order valence-electron chi connectivity index (χ2n) is 10.9. The lowest BCUT2D eigenvalue weighted by Gasteiger charge is -2.21. The van der Waals surface area contributed by atoms with Gasteiger partial charge in [0.05, 0.1) is 36.5 Å². The number of likely N-dealkylation sites (N-methyl/N-ethyl adjacent to an activating group) is 1.